The molecule has 1 saturated heterocycles. The predicted molar refractivity (Wildman–Crippen MR) is 65.3 cm³/mol. The highest BCUT2D eigenvalue weighted by Gasteiger charge is 2.16. The third-order valence-electron chi connectivity index (χ3n) is 3.16. The van der Waals surface area contributed by atoms with Crippen LogP contribution in [0.3, 0.4) is 0 Å². The summed E-state index contributed by atoms with van der Waals surface area (Å²) in [5.41, 5.74) is 1.16. The summed E-state index contributed by atoms with van der Waals surface area (Å²) in [6, 6.07) is 10.7. The Morgan fingerprint density at radius 2 is 2.19 bits per heavy atom. The van der Waals surface area contributed by atoms with Crippen molar-refractivity contribution in [3.63, 3.8) is 0 Å². The average molecular weight is 220 g/mol. The van der Waals surface area contributed by atoms with Crippen LogP contribution in [0.15, 0.2) is 30.3 Å². The summed E-state index contributed by atoms with van der Waals surface area (Å²) in [7, 11) is 0. The van der Waals surface area contributed by atoms with Crippen LogP contribution in [-0.2, 0) is 0 Å². The van der Waals surface area contributed by atoms with Crippen LogP contribution in [0.25, 0.3) is 0 Å². The van der Waals surface area contributed by atoms with Gasteiger partial charge < -0.3 is 15.7 Å². The number of hydrogen-bond donors (Lipinski definition) is 3. The smallest absolute Gasteiger partial charge is 0.0626 e. The molecule has 88 valence electrons. The second-order valence-corrected chi connectivity index (χ2v) is 4.35. The fraction of sp³-hybridized carbons (Fsp3) is 0.538. The number of aliphatic hydroxyl groups is 1. The highest BCUT2D eigenvalue weighted by atomic mass is 16.3. The van der Waals surface area contributed by atoms with Gasteiger partial charge in [-0.2, -0.15) is 0 Å². The van der Waals surface area contributed by atoms with E-state index in [-0.39, 0.29) is 12.6 Å². The molecular weight excluding hydrogens is 200 g/mol. The largest absolute Gasteiger partial charge is 0.394 e. The maximum atomic E-state index is 9.37. The molecule has 0 amide bonds. The second-order valence-electron chi connectivity index (χ2n) is 4.35. The zero-order chi connectivity index (χ0) is 11.2. The van der Waals surface area contributed by atoms with Gasteiger partial charge in [-0.05, 0) is 24.9 Å². The van der Waals surface area contributed by atoms with Gasteiger partial charge in [0.15, 0.2) is 0 Å². The highest BCUT2D eigenvalue weighted by molar-refractivity contribution is 5.18. The van der Waals surface area contributed by atoms with Crippen LogP contribution >= 0.6 is 0 Å². The van der Waals surface area contributed by atoms with E-state index in [0.29, 0.717) is 6.04 Å². The van der Waals surface area contributed by atoms with Crippen LogP contribution < -0.4 is 10.6 Å². The molecule has 0 saturated carbocycles. The number of rotatable bonds is 5. The number of benzene rings is 1. The van der Waals surface area contributed by atoms with Gasteiger partial charge in [-0.15, -0.1) is 0 Å². The summed E-state index contributed by atoms with van der Waals surface area (Å²) in [6.45, 7) is 2.21. The monoisotopic (exact) mass is 220 g/mol. The van der Waals surface area contributed by atoms with Crippen LogP contribution in [0.2, 0.25) is 0 Å². The van der Waals surface area contributed by atoms with E-state index in [4.69, 9.17) is 0 Å². The maximum absolute atomic E-state index is 9.37. The van der Waals surface area contributed by atoms with Crippen LogP contribution in [0.1, 0.15) is 24.4 Å². The first-order chi connectivity index (χ1) is 7.90. The fourth-order valence-electron chi connectivity index (χ4n) is 2.19. The van der Waals surface area contributed by atoms with Crippen molar-refractivity contribution in [2.75, 3.05) is 19.7 Å². The lowest BCUT2D eigenvalue weighted by Gasteiger charge is -2.19. The van der Waals surface area contributed by atoms with E-state index in [2.05, 4.69) is 22.8 Å². The Kier molecular flexibility index (Phi) is 4.34. The first kappa shape index (κ1) is 11.6. The first-order valence-corrected chi connectivity index (χ1v) is 6.02. The van der Waals surface area contributed by atoms with Gasteiger partial charge in [0.25, 0.3) is 0 Å². The maximum Gasteiger partial charge on any atom is 0.0626 e. The quantitative estimate of drug-likeness (QED) is 0.695. The molecule has 3 nitrogen and oxygen atoms in total. The zero-order valence-corrected chi connectivity index (χ0v) is 9.52. The van der Waals surface area contributed by atoms with Gasteiger partial charge in [0, 0.05) is 12.6 Å². The highest BCUT2D eigenvalue weighted by Crippen LogP contribution is 2.12. The molecule has 1 fully saturated rings. The predicted octanol–water partition coefficient (Wildman–Crippen LogP) is 1.06. The Balaban J connectivity index is 1.85. The van der Waals surface area contributed by atoms with Gasteiger partial charge in [-0.25, -0.2) is 0 Å². The van der Waals surface area contributed by atoms with E-state index < -0.39 is 0 Å². The molecule has 1 aliphatic rings. The van der Waals surface area contributed by atoms with Gasteiger partial charge in [0.1, 0.15) is 0 Å². The molecular formula is C13H20N2O. The average Bonchev–Trinajstić information content (AvgIpc) is 2.84. The molecule has 1 aromatic rings. The Bertz CT molecular complexity index is 296. The van der Waals surface area contributed by atoms with Crippen molar-refractivity contribution in [3.05, 3.63) is 35.9 Å². The van der Waals surface area contributed by atoms with Crippen LogP contribution in [0.5, 0.6) is 0 Å². The molecule has 1 aliphatic heterocycles. The summed E-state index contributed by atoms with van der Waals surface area (Å²) in [5, 5.41) is 16.2. The third-order valence-corrected chi connectivity index (χ3v) is 3.16. The molecule has 3 N–H and O–H groups in total. The van der Waals surface area contributed by atoms with Crippen molar-refractivity contribution in [2.45, 2.75) is 24.9 Å². The Morgan fingerprint density at radius 3 is 2.81 bits per heavy atom. The van der Waals surface area contributed by atoms with Crippen LogP contribution in [0, 0.1) is 0 Å². The normalized spacial score (nSPS) is 22.2. The van der Waals surface area contributed by atoms with Crippen molar-refractivity contribution < 1.29 is 5.11 Å². The number of hydrogen-bond acceptors (Lipinski definition) is 3. The minimum absolute atomic E-state index is 0.0589. The lowest BCUT2D eigenvalue weighted by molar-refractivity contribution is 0.241. The van der Waals surface area contributed by atoms with Crippen molar-refractivity contribution >= 4 is 0 Å². The van der Waals surface area contributed by atoms with Crippen molar-refractivity contribution in [3.8, 4) is 0 Å². The van der Waals surface area contributed by atoms with Gasteiger partial charge in [-0.3, -0.25) is 0 Å². The lowest BCUT2D eigenvalue weighted by Crippen LogP contribution is -2.37. The van der Waals surface area contributed by atoms with E-state index in [1.165, 1.54) is 12.8 Å². The topological polar surface area (TPSA) is 44.3 Å². The Labute approximate surface area is 96.9 Å². The fourth-order valence-corrected chi connectivity index (χ4v) is 2.19. The standard InChI is InChI=1S/C13H20N2O/c16-10-13(11-5-2-1-3-6-11)15-9-12-7-4-8-14-12/h1-3,5-6,12-16H,4,7-10H2. The molecule has 0 radical (unpaired) electrons. The van der Waals surface area contributed by atoms with E-state index >= 15 is 0 Å². The molecule has 1 heterocycles. The van der Waals surface area contributed by atoms with Crippen molar-refractivity contribution in [1.82, 2.24) is 10.6 Å². The lowest BCUT2D eigenvalue weighted by atomic mass is 10.1. The molecule has 0 aromatic heterocycles. The molecule has 2 rings (SSSR count). The van der Waals surface area contributed by atoms with Crippen molar-refractivity contribution in [2.24, 2.45) is 0 Å². The molecule has 0 aliphatic carbocycles. The second kappa shape index (κ2) is 5.99. The number of aliphatic hydroxyl groups excluding tert-OH is 1. The van der Waals surface area contributed by atoms with Crippen LogP contribution in [-0.4, -0.2) is 30.8 Å². The van der Waals surface area contributed by atoms with Crippen molar-refractivity contribution in [1.29, 1.82) is 0 Å². The number of nitrogens with one attached hydrogen (secondary N) is 2. The SMILES string of the molecule is OCC(NCC1CCCN1)c1ccccc1. The summed E-state index contributed by atoms with van der Waals surface area (Å²) >= 11 is 0. The van der Waals surface area contributed by atoms with E-state index in [9.17, 15) is 5.11 Å². The Hall–Kier alpha value is -0.900. The van der Waals surface area contributed by atoms with E-state index in [1.54, 1.807) is 0 Å². The summed E-state index contributed by atoms with van der Waals surface area (Å²) < 4.78 is 0. The van der Waals surface area contributed by atoms with Gasteiger partial charge in [0.05, 0.1) is 12.6 Å². The minimum Gasteiger partial charge on any atom is -0.394 e. The molecule has 0 bridgehead atoms. The molecule has 2 atom stereocenters. The minimum atomic E-state index is 0.0589. The molecule has 0 spiro atoms. The van der Waals surface area contributed by atoms with Gasteiger partial charge in [-0.1, -0.05) is 30.3 Å². The van der Waals surface area contributed by atoms with Gasteiger partial charge in [0.2, 0.25) is 0 Å². The van der Waals surface area contributed by atoms with E-state index in [1.807, 2.05) is 18.2 Å². The molecule has 2 unspecified atom stereocenters. The molecule has 16 heavy (non-hydrogen) atoms. The molecule has 3 heteroatoms. The zero-order valence-electron chi connectivity index (χ0n) is 9.52. The third kappa shape index (κ3) is 3.04. The summed E-state index contributed by atoms with van der Waals surface area (Å²) in [4.78, 5) is 0. The Morgan fingerprint density at radius 1 is 1.38 bits per heavy atom. The first-order valence-electron chi connectivity index (χ1n) is 6.02. The van der Waals surface area contributed by atoms with Gasteiger partial charge >= 0.3 is 0 Å². The summed E-state index contributed by atoms with van der Waals surface area (Å²) in [6.07, 6.45) is 2.50. The van der Waals surface area contributed by atoms with Crippen LogP contribution in [0.4, 0.5) is 0 Å². The molecule has 1 aromatic carbocycles. The summed E-state index contributed by atoms with van der Waals surface area (Å²) in [5.74, 6) is 0. The van der Waals surface area contributed by atoms with E-state index in [0.717, 1.165) is 18.7 Å².